The smallest absolute Gasteiger partial charge is 0.310 e. The lowest BCUT2D eigenvalue weighted by Crippen LogP contribution is -2.18. The van der Waals surface area contributed by atoms with Gasteiger partial charge in [-0.15, -0.1) is 0 Å². The van der Waals surface area contributed by atoms with Gasteiger partial charge in [0.1, 0.15) is 28.7 Å². The molecule has 0 fully saturated rings. The number of primary amides is 3. The summed E-state index contributed by atoms with van der Waals surface area (Å²) in [4.78, 5) is 133. The molecule has 0 saturated carbocycles. The van der Waals surface area contributed by atoms with Crippen LogP contribution in [0.3, 0.4) is 0 Å². The standard InChI is InChI=1S/C32H38N4O8.C31H36N4O8.C21H25N3O6/c1-7-20(6)44-29-16-23(10-13-26(29)36(40)41)32(39)34-24-12-9-22(15-27(24)42-17-18(2)3)31(38)35-25-11-8-21(30(33)37)14-28(25)43-19(4)5;1-17(2)16-41-26-13-20(29(32)36)7-10-23(26)33-30(37)21-8-11-24(27(14-21)42-18(3)4)34-31(38)22-9-12-25(35(39)40)28(15-22)43-19(5)6;1-4-9-29-18-10-14(20(22)25)5-7-16(18)23-21(26)15-6-8-17(24(27)28)19(11-15)30-12-13(2)3/h8-16,18-20H,7,17H2,1-6H3,(H2,33,37)(H,34,39)(H,35,38);7-15,17-19H,16H2,1-6H3,(H2,32,36)(H,33,37)(H,34,38);5-8,10-11,13H,4,9,12H2,1-3H3,(H2,22,25)(H,23,26). The van der Waals surface area contributed by atoms with E-state index in [1.165, 1.54) is 146 Å². The van der Waals surface area contributed by atoms with Crippen molar-refractivity contribution in [3.8, 4) is 46.0 Å². The van der Waals surface area contributed by atoms with Crippen LogP contribution in [0, 0.1) is 48.1 Å². The van der Waals surface area contributed by atoms with Crippen LogP contribution in [0.15, 0.2) is 146 Å². The third-order valence-electron chi connectivity index (χ3n) is 16.0. The molecule has 33 heteroatoms. The van der Waals surface area contributed by atoms with Gasteiger partial charge < -0.3 is 81.7 Å². The van der Waals surface area contributed by atoms with Gasteiger partial charge in [0, 0.05) is 80.9 Å². The second-order valence-electron chi connectivity index (χ2n) is 28.5. The number of nitrogens with two attached hydrogens (primary N) is 3. The molecule has 0 spiro atoms. The highest BCUT2D eigenvalue weighted by molar-refractivity contribution is 6.10. The average Bonchev–Trinajstić information content (AvgIpc) is 0.817. The predicted molar refractivity (Wildman–Crippen MR) is 441 cm³/mol. The minimum atomic E-state index is -0.631. The van der Waals surface area contributed by atoms with E-state index >= 15 is 0 Å². The van der Waals surface area contributed by atoms with Crippen LogP contribution in [0.4, 0.5) is 45.5 Å². The van der Waals surface area contributed by atoms with Crippen molar-refractivity contribution in [1.82, 2.24) is 0 Å². The van der Waals surface area contributed by atoms with Crippen molar-refractivity contribution >= 4 is 92.8 Å². The Balaban J connectivity index is 0.000000278. The molecule has 0 radical (unpaired) electrons. The molecule has 0 saturated heterocycles. The number of amides is 8. The Morgan fingerprint density at radius 2 is 0.547 bits per heavy atom. The van der Waals surface area contributed by atoms with Gasteiger partial charge in [-0.25, -0.2) is 0 Å². The van der Waals surface area contributed by atoms with Gasteiger partial charge in [0.15, 0.2) is 17.2 Å². The summed E-state index contributed by atoms with van der Waals surface area (Å²) in [5.41, 5.74) is 18.6. The van der Waals surface area contributed by atoms with Gasteiger partial charge in [-0.1, -0.05) is 55.4 Å². The number of benzene rings is 8. The van der Waals surface area contributed by atoms with E-state index in [1.54, 1.807) is 34.6 Å². The summed E-state index contributed by atoms with van der Waals surface area (Å²) in [6, 6.07) is 34.1. The molecule has 0 bridgehead atoms. The van der Waals surface area contributed by atoms with Gasteiger partial charge in [0.2, 0.25) is 17.7 Å². The molecule has 0 aliphatic rings. The Hall–Kier alpha value is -13.9. The number of carbonyl (C=O) groups excluding carboxylic acids is 8. The molecular formula is C84H99N11O22. The molecule has 8 amide bonds. The molecule has 622 valence electrons. The fourth-order valence-corrected chi connectivity index (χ4v) is 10.2. The third-order valence-corrected chi connectivity index (χ3v) is 16.0. The summed E-state index contributed by atoms with van der Waals surface area (Å²) < 4.78 is 45.8. The molecule has 1 unspecified atom stereocenters. The van der Waals surface area contributed by atoms with Crippen LogP contribution >= 0.6 is 0 Å². The van der Waals surface area contributed by atoms with Gasteiger partial charge in [-0.2, -0.15) is 0 Å². The van der Waals surface area contributed by atoms with Crippen molar-refractivity contribution in [2.24, 2.45) is 35.0 Å². The Morgan fingerprint density at radius 1 is 0.316 bits per heavy atom. The number of rotatable bonds is 37. The van der Waals surface area contributed by atoms with Crippen LogP contribution in [0.1, 0.15) is 200 Å². The van der Waals surface area contributed by atoms with Crippen LogP contribution in [-0.2, 0) is 0 Å². The monoisotopic (exact) mass is 1610 g/mol. The molecule has 33 nitrogen and oxygen atoms in total. The molecule has 8 rings (SSSR count). The Kier molecular flexibility index (Phi) is 34.1. The molecule has 117 heavy (non-hydrogen) atoms. The highest BCUT2D eigenvalue weighted by Crippen LogP contribution is 2.37. The average molecular weight is 1610 g/mol. The van der Waals surface area contributed by atoms with Crippen molar-refractivity contribution in [1.29, 1.82) is 0 Å². The lowest BCUT2D eigenvalue weighted by atomic mass is 10.1. The van der Waals surface area contributed by atoms with Gasteiger partial charge in [-0.3, -0.25) is 68.7 Å². The van der Waals surface area contributed by atoms with Crippen molar-refractivity contribution in [3.63, 3.8) is 0 Å². The summed E-state index contributed by atoms with van der Waals surface area (Å²) in [7, 11) is 0. The van der Waals surface area contributed by atoms with E-state index in [0.717, 1.165) is 6.42 Å². The fourth-order valence-electron chi connectivity index (χ4n) is 10.2. The van der Waals surface area contributed by atoms with E-state index in [-0.39, 0.29) is 151 Å². The van der Waals surface area contributed by atoms with E-state index in [4.69, 9.17) is 55.1 Å². The Morgan fingerprint density at radius 3 is 0.838 bits per heavy atom. The maximum Gasteiger partial charge on any atom is 0.310 e. The lowest BCUT2D eigenvalue weighted by molar-refractivity contribution is -0.386. The van der Waals surface area contributed by atoms with Crippen LogP contribution in [0.5, 0.6) is 46.0 Å². The van der Waals surface area contributed by atoms with Crippen molar-refractivity contribution in [2.45, 2.75) is 141 Å². The number of anilines is 5. The first-order chi connectivity index (χ1) is 55.2. The normalized spacial score (nSPS) is 11.1. The maximum atomic E-state index is 13.3. The fraction of sp³-hybridized carbons (Fsp3) is 0.333. The quantitative estimate of drug-likeness (QED) is 0.0132. The van der Waals surface area contributed by atoms with Gasteiger partial charge in [0.05, 0.1) is 94.1 Å². The van der Waals surface area contributed by atoms with Crippen LogP contribution in [-0.4, -0.2) is 113 Å². The second kappa shape index (κ2) is 43.4. The van der Waals surface area contributed by atoms with E-state index in [9.17, 15) is 68.7 Å². The number of nitro groups is 3. The number of nitrogens with one attached hydrogen (secondary N) is 5. The molecule has 0 aromatic heterocycles. The topological polar surface area (TPSA) is 478 Å². The molecule has 0 aliphatic heterocycles. The predicted octanol–water partition coefficient (Wildman–Crippen LogP) is 15.8. The zero-order valence-electron chi connectivity index (χ0n) is 67.7. The summed E-state index contributed by atoms with van der Waals surface area (Å²) in [6.45, 7) is 29.2. The van der Waals surface area contributed by atoms with E-state index in [0.29, 0.717) is 60.5 Å². The summed E-state index contributed by atoms with van der Waals surface area (Å²) >= 11 is 0. The van der Waals surface area contributed by atoms with Gasteiger partial charge >= 0.3 is 17.1 Å². The van der Waals surface area contributed by atoms with E-state index < -0.39 is 62.0 Å². The Bertz CT molecular complexity index is 4950. The molecule has 8 aromatic carbocycles. The number of nitro benzene ring substituents is 3. The summed E-state index contributed by atoms with van der Waals surface area (Å²) in [5, 5.41) is 47.9. The minimum Gasteiger partial charge on any atom is -0.491 e. The minimum absolute atomic E-state index is 0.00928. The van der Waals surface area contributed by atoms with Crippen LogP contribution in [0.2, 0.25) is 0 Å². The second-order valence-corrected chi connectivity index (χ2v) is 28.5. The summed E-state index contributed by atoms with van der Waals surface area (Å²) in [5.74, 6) is -2.62. The molecule has 8 aromatic rings. The molecule has 1 atom stereocenters. The largest absolute Gasteiger partial charge is 0.491 e. The number of carbonyl (C=O) groups is 8. The lowest BCUT2D eigenvalue weighted by Gasteiger charge is -2.18. The van der Waals surface area contributed by atoms with Crippen molar-refractivity contribution in [2.75, 3.05) is 53.0 Å². The van der Waals surface area contributed by atoms with Crippen molar-refractivity contribution < 1.29 is 91.0 Å². The van der Waals surface area contributed by atoms with Gasteiger partial charge in [-0.05, 0) is 188 Å². The molecule has 0 heterocycles. The SMILES string of the molecule is CC(C)COc1cc(C(N)=O)ccc1NC(=O)c1ccc(NC(=O)c2ccc([N+](=O)[O-])c(OC(C)C)c2)c(OC(C)C)c1.CCC(C)Oc1cc(C(=O)Nc2ccc(C(=O)Nc3ccc(C(N)=O)cc3OC(C)C)cc2OCC(C)C)ccc1[N+](=O)[O-].CCCOc1cc(C(N)=O)ccc1NC(=O)c1ccc([N+](=O)[O-])c(OCC(C)C)c1. The molecular weight excluding hydrogens is 1510 g/mol. The van der Waals surface area contributed by atoms with Crippen LogP contribution in [0.25, 0.3) is 0 Å². The van der Waals surface area contributed by atoms with E-state index in [1.807, 2.05) is 69.2 Å². The first kappa shape index (κ1) is 92.0. The van der Waals surface area contributed by atoms with Gasteiger partial charge in [0.25, 0.3) is 29.5 Å². The zero-order chi connectivity index (χ0) is 86.7. The molecule has 0 aliphatic carbocycles. The van der Waals surface area contributed by atoms with Crippen LogP contribution < -0.4 is 81.7 Å². The van der Waals surface area contributed by atoms with Crippen molar-refractivity contribution in [3.05, 3.63) is 220 Å². The Labute approximate surface area is 676 Å². The third kappa shape index (κ3) is 28.0. The number of nitrogens with zero attached hydrogens (tertiary/aromatic N) is 3. The highest BCUT2D eigenvalue weighted by Gasteiger charge is 2.27. The first-order valence-corrected chi connectivity index (χ1v) is 37.5. The summed E-state index contributed by atoms with van der Waals surface area (Å²) in [6.07, 6.45) is 0.177. The zero-order valence-corrected chi connectivity index (χ0v) is 67.7. The maximum absolute atomic E-state index is 13.3. The molecule has 11 N–H and O–H groups in total. The first-order valence-electron chi connectivity index (χ1n) is 37.5. The number of hydrogen-bond acceptors (Lipinski definition) is 22. The number of hydrogen-bond donors (Lipinski definition) is 8. The number of ether oxygens (including phenoxy) is 8. The van der Waals surface area contributed by atoms with E-state index in [2.05, 4.69) is 26.6 Å². The highest BCUT2D eigenvalue weighted by atomic mass is 16.6.